The third-order valence-corrected chi connectivity index (χ3v) is 3.69. The van der Waals surface area contributed by atoms with Gasteiger partial charge in [0.1, 0.15) is 16.6 Å². The fourth-order valence-corrected chi connectivity index (χ4v) is 2.33. The molecule has 1 aliphatic rings. The van der Waals surface area contributed by atoms with Gasteiger partial charge in [0, 0.05) is 17.9 Å². The predicted octanol–water partition coefficient (Wildman–Crippen LogP) is 3.50. The summed E-state index contributed by atoms with van der Waals surface area (Å²) in [7, 11) is 0. The highest BCUT2D eigenvalue weighted by molar-refractivity contribution is 7.71. The normalized spacial score (nSPS) is 17.1. The largest absolute Gasteiger partial charge is 0.370 e. The van der Waals surface area contributed by atoms with Gasteiger partial charge in [-0.1, -0.05) is 19.1 Å². The van der Waals surface area contributed by atoms with E-state index in [1.54, 1.807) is 0 Å². The molecule has 1 aromatic heterocycles. The molecule has 0 amide bonds. The number of aryl methyl sites for hydroxylation is 1. The average Bonchev–Trinajstić information content (AvgIpc) is 3.13. The number of rotatable bonds is 5. The molecule has 2 rings (SSSR count). The van der Waals surface area contributed by atoms with Crippen LogP contribution in [0.3, 0.4) is 0 Å². The molecule has 1 aliphatic carbocycles. The lowest BCUT2D eigenvalue weighted by atomic mass is 10.1. The van der Waals surface area contributed by atoms with Crippen LogP contribution in [0.15, 0.2) is 0 Å². The van der Waals surface area contributed by atoms with Crippen LogP contribution in [0.25, 0.3) is 0 Å². The van der Waals surface area contributed by atoms with Crippen LogP contribution in [0.4, 0.5) is 0 Å². The quantitative estimate of drug-likeness (QED) is 0.815. The fourth-order valence-electron chi connectivity index (χ4n) is 2.10. The van der Waals surface area contributed by atoms with Gasteiger partial charge in [-0.3, -0.25) is 0 Å². The fraction of sp³-hybridized carbons (Fsp3) is 0.692. The van der Waals surface area contributed by atoms with Gasteiger partial charge in [-0.25, -0.2) is 4.98 Å². The van der Waals surface area contributed by atoms with Crippen molar-refractivity contribution in [2.75, 3.05) is 6.61 Å². The molecule has 1 N–H and O–H groups in total. The summed E-state index contributed by atoms with van der Waals surface area (Å²) < 4.78 is 6.52. The zero-order valence-corrected chi connectivity index (χ0v) is 11.6. The molecule has 1 saturated carbocycles. The highest BCUT2D eigenvalue weighted by Gasteiger charge is 2.34. The Morgan fingerprint density at radius 2 is 2.18 bits per heavy atom. The van der Waals surface area contributed by atoms with Crippen molar-refractivity contribution in [2.24, 2.45) is 5.92 Å². The predicted molar refractivity (Wildman–Crippen MR) is 70.6 cm³/mol. The van der Waals surface area contributed by atoms with Gasteiger partial charge >= 0.3 is 0 Å². The molecule has 0 bridgehead atoms. The van der Waals surface area contributed by atoms with E-state index in [1.165, 1.54) is 18.5 Å². The van der Waals surface area contributed by atoms with Gasteiger partial charge in [0.2, 0.25) is 0 Å². The number of hydrogen-bond acceptors (Lipinski definition) is 3. The molecule has 1 heterocycles. The lowest BCUT2D eigenvalue weighted by Crippen LogP contribution is -2.13. The maximum absolute atomic E-state index is 5.81. The molecule has 3 nitrogen and oxygen atoms in total. The zero-order chi connectivity index (χ0) is 12.4. The van der Waals surface area contributed by atoms with E-state index in [0.717, 1.165) is 24.4 Å². The molecule has 0 radical (unpaired) electrons. The topological polar surface area (TPSA) is 37.9 Å². The van der Waals surface area contributed by atoms with E-state index in [9.17, 15) is 0 Å². The van der Waals surface area contributed by atoms with Crippen molar-refractivity contribution in [3.05, 3.63) is 21.7 Å². The molecule has 4 heteroatoms. The summed E-state index contributed by atoms with van der Waals surface area (Å²) in [6.07, 6.45) is 3.53. The van der Waals surface area contributed by atoms with Crippen LogP contribution in [-0.4, -0.2) is 16.6 Å². The molecule has 0 saturated heterocycles. The van der Waals surface area contributed by atoms with E-state index in [4.69, 9.17) is 17.0 Å². The molecule has 0 spiro atoms. The Morgan fingerprint density at radius 1 is 1.47 bits per heavy atom. The van der Waals surface area contributed by atoms with Crippen LogP contribution < -0.4 is 0 Å². The molecule has 0 aliphatic heterocycles. The van der Waals surface area contributed by atoms with Gasteiger partial charge in [0.25, 0.3) is 0 Å². The third kappa shape index (κ3) is 2.75. The molecule has 17 heavy (non-hydrogen) atoms. The Hall–Kier alpha value is -0.740. The number of ether oxygens (including phenoxy) is 1. The van der Waals surface area contributed by atoms with Crippen LogP contribution in [0.5, 0.6) is 0 Å². The number of nitrogens with one attached hydrogen (secondary N) is 1. The van der Waals surface area contributed by atoms with Gasteiger partial charge in [0.15, 0.2) is 0 Å². The monoisotopic (exact) mass is 252 g/mol. The summed E-state index contributed by atoms with van der Waals surface area (Å²) in [5.74, 6) is 1.54. The molecular formula is C13H20N2OS. The summed E-state index contributed by atoms with van der Waals surface area (Å²) in [6.45, 7) is 6.91. The molecule has 94 valence electrons. The van der Waals surface area contributed by atoms with Gasteiger partial charge in [-0.05, 0) is 39.0 Å². The Morgan fingerprint density at radius 3 is 2.71 bits per heavy atom. The lowest BCUT2D eigenvalue weighted by Gasteiger charge is -2.17. The van der Waals surface area contributed by atoms with Crippen molar-refractivity contribution in [3.63, 3.8) is 0 Å². The van der Waals surface area contributed by atoms with Crippen LogP contribution in [0.1, 0.15) is 49.9 Å². The minimum Gasteiger partial charge on any atom is -0.370 e. The smallest absolute Gasteiger partial charge is 0.137 e. The van der Waals surface area contributed by atoms with E-state index in [1.807, 2.05) is 13.8 Å². The number of nitrogens with zero attached hydrogens (tertiary/aromatic N) is 1. The SMILES string of the molecule is CCOC(c1nc(=S)c(C)c(CC)[nH]1)C1CC1. The Balaban J connectivity index is 2.36. The lowest BCUT2D eigenvalue weighted by molar-refractivity contribution is 0.0398. The second-order valence-corrected chi connectivity index (χ2v) is 4.98. The van der Waals surface area contributed by atoms with Crippen molar-refractivity contribution in [1.29, 1.82) is 0 Å². The van der Waals surface area contributed by atoms with Crippen molar-refractivity contribution >= 4 is 12.2 Å². The molecule has 1 aromatic rings. The Labute approximate surface area is 108 Å². The van der Waals surface area contributed by atoms with E-state index in [2.05, 4.69) is 16.9 Å². The standard InChI is InChI=1S/C13H20N2OS/c1-4-10-8(3)13(17)15-12(14-10)11(16-5-2)9-6-7-9/h9,11H,4-7H2,1-3H3,(H,14,15,17). The van der Waals surface area contributed by atoms with Gasteiger partial charge in [0.05, 0.1) is 0 Å². The maximum Gasteiger partial charge on any atom is 0.137 e. The molecule has 1 unspecified atom stereocenters. The molecular weight excluding hydrogens is 232 g/mol. The van der Waals surface area contributed by atoms with E-state index >= 15 is 0 Å². The van der Waals surface area contributed by atoms with Crippen LogP contribution >= 0.6 is 12.2 Å². The van der Waals surface area contributed by atoms with Gasteiger partial charge < -0.3 is 9.72 Å². The first kappa shape index (κ1) is 12.7. The number of aromatic nitrogens is 2. The summed E-state index contributed by atoms with van der Waals surface area (Å²) in [5.41, 5.74) is 2.28. The summed E-state index contributed by atoms with van der Waals surface area (Å²) in [4.78, 5) is 7.90. The summed E-state index contributed by atoms with van der Waals surface area (Å²) in [5, 5.41) is 0. The first-order chi connectivity index (χ1) is 8.17. The average molecular weight is 252 g/mol. The van der Waals surface area contributed by atoms with E-state index in [-0.39, 0.29) is 6.10 Å². The van der Waals surface area contributed by atoms with Crippen LogP contribution in [0, 0.1) is 17.5 Å². The van der Waals surface area contributed by atoms with E-state index < -0.39 is 0 Å². The van der Waals surface area contributed by atoms with Crippen molar-refractivity contribution < 1.29 is 4.74 Å². The van der Waals surface area contributed by atoms with Crippen molar-refractivity contribution in [1.82, 2.24) is 9.97 Å². The highest BCUT2D eigenvalue weighted by Crippen LogP contribution is 2.42. The van der Waals surface area contributed by atoms with E-state index in [0.29, 0.717) is 10.6 Å². The zero-order valence-electron chi connectivity index (χ0n) is 10.7. The second kappa shape index (κ2) is 5.27. The number of aromatic amines is 1. The van der Waals surface area contributed by atoms with Crippen molar-refractivity contribution in [3.8, 4) is 0 Å². The van der Waals surface area contributed by atoms with Gasteiger partial charge in [-0.15, -0.1) is 0 Å². The minimum atomic E-state index is 0.104. The minimum absolute atomic E-state index is 0.104. The summed E-state index contributed by atoms with van der Waals surface area (Å²) >= 11 is 5.32. The third-order valence-electron chi connectivity index (χ3n) is 3.29. The first-order valence-electron chi connectivity index (χ1n) is 6.38. The molecule has 1 atom stereocenters. The number of hydrogen-bond donors (Lipinski definition) is 1. The molecule has 0 aromatic carbocycles. The first-order valence-corrected chi connectivity index (χ1v) is 6.79. The maximum atomic E-state index is 5.81. The van der Waals surface area contributed by atoms with Crippen LogP contribution in [-0.2, 0) is 11.2 Å². The second-order valence-electron chi connectivity index (χ2n) is 4.60. The van der Waals surface area contributed by atoms with Crippen molar-refractivity contribution in [2.45, 2.75) is 46.1 Å². The molecule has 1 fully saturated rings. The van der Waals surface area contributed by atoms with Gasteiger partial charge in [-0.2, -0.15) is 0 Å². The Bertz CT molecular complexity index is 451. The van der Waals surface area contributed by atoms with Crippen LogP contribution in [0.2, 0.25) is 0 Å². The number of H-pyrrole nitrogens is 1. The Kier molecular flexibility index (Phi) is 3.94. The highest BCUT2D eigenvalue weighted by atomic mass is 32.1. The summed E-state index contributed by atoms with van der Waals surface area (Å²) in [6, 6.07) is 0.